The van der Waals surface area contributed by atoms with Crippen molar-refractivity contribution < 1.29 is 22.1 Å². The lowest BCUT2D eigenvalue weighted by Crippen LogP contribution is -2.16. The van der Waals surface area contributed by atoms with Gasteiger partial charge < -0.3 is 14.7 Å². The molecule has 0 fully saturated rings. The Labute approximate surface area is 160 Å². The van der Waals surface area contributed by atoms with Gasteiger partial charge in [-0.25, -0.2) is 0 Å². The third-order valence-electron chi connectivity index (χ3n) is 3.57. The van der Waals surface area contributed by atoms with Gasteiger partial charge in [-0.2, -0.15) is 8.42 Å². The number of benzene rings is 2. The van der Waals surface area contributed by atoms with Crippen LogP contribution in [0.15, 0.2) is 60.2 Å². The van der Waals surface area contributed by atoms with Crippen molar-refractivity contribution >= 4 is 39.1 Å². The zero-order chi connectivity index (χ0) is 18.9. The molecule has 1 aliphatic heterocycles. The quantitative estimate of drug-likeness (QED) is 0.755. The van der Waals surface area contributed by atoms with Gasteiger partial charge in [-0.15, -0.1) is 0 Å². The highest BCUT2D eigenvalue weighted by atomic mass is 35.5. The van der Waals surface area contributed by atoms with Gasteiger partial charge in [0, 0.05) is 15.6 Å². The zero-order valence-corrected chi connectivity index (χ0v) is 15.5. The highest BCUT2D eigenvalue weighted by Gasteiger charge is 2.39. The Hall–Kier alpha value is -2.22. The minimum Gasteiger partial charge on any atom is -0.460 e. The van der Waals surface area contributed by atoms with E-state index in [2.05, 4.69) is 0 Å². The minimum atomic E-state index is -4.11. The van der Waals surface area contributed by atoms with Crippen molar-refractivity contribution in [2.24, 2.45) is 5.73 Å². The first kappa shape index (κ1) is 18.6. The third-order valence-corrected chi connectivity index (χ3v) is 5.18. The van der Waals surface area contributed by atoms with Crippen LogP contribution in [0.5, 0.6) is 0 Å². The summed E-state index contributed by atoms with van der Waals surface area (Å²) in [7, 11) is -4.11. The number of nitrogens with two attached hydrogens (primary N) is 1. The Morgan fingerprint density at radius 1 is 1.00 bits per heavy atom. The lowest BCUT2D eigenvalue weighted by atomic mass is 10.1. The van der Waals surface area contributed by atoms with Gasteiger partial charge in [0.1, 0.15) is 5.75 Å². The highest BCUT2D eigenvalue weighted by molar-refractivity contribution is 7.86. The van der Waals surface area contributed by atoms with E-state index < -0.39 is 33.5 Å². The van der Waals surface area contributed by atoms with Crippen LogP contribution in [0.4, 0.5) is 0 Å². The van der Waals surface area contributed by atoms with Crippen LogP contribution in [0.3, 0.4) is 0 Å². The SMILES string of the molecule is NC1=C(OS(=O)(=O)Cc2ccc(Cl)cc2)C(=O)C(c2ccc(Cl)cc2)O1. The van der Waals surface area contributed by atoms with Crippen molar-refractivity contribution in [3.05, 3.63) is 81.3 Å². The minimum absolute atomic E-state index is 0.380. The average molecular weight is 414 g/mol. The molecule has 9 heteroatoms. The van der Waals surface area contributed by atoms with E-state index in [9.17, 15) is 13.2 Å². The van der Waals surface area contributed by atoms with Crippen LogP contribution >= 0.6 is 23.2 Å². The van der Waals surface area contributed by atoms with Gasteiger partial charge in [0.15, 0.2) is 6.10 Å². The van der Waals surface area contributed by atoms with E-state index in [1.165, 1.54) is 0 Å². The van der Waals surface area contributed by atoms with Gasteiger partial charge in [-0.1, -0.05) is 47.5 Å². The fraction of sp³-hybridized carbons (Fsp3) is 0.118. The van der Waals surface area contributed by atoms with Gasteiger partial charge in [-0.3, -0.25) is 4.79 Å². The van der Waals surface area contributed by atoms with E-state index in [4.69, 9.17) is 37.9 Å². The Balaban J connectivity index is 1.76. The number of ether oxygens (including phenoxy) is 1. The summed E-state index contributed by atoms with van der Waals surface area (Å²) in [5.41, 5.74) is 6.59. The summed E-state index contributed by atoms with van der Waals surface area (Å²) in [4.78, 5) is 12.5. The van der Waals surface area contributed by atoms with Crippen LogP contribution in [-0.2, 0) is 29.6 Å². The Morgan fingerprint density at radius 2 is 1.54 bits per heavy atom. The number of carbonyl (C=O) groups is 1. The van der Waals surface area contributed by atoms with Gasteiger partial charge in [-0.05, 0) is 29.8 Å². The number of rotatable bonds is 5. The van der Waals surface area contributed by atoms with Crippen molar-refractivity contribution in [3.8, 4) is 0 Å². The molecule has 0 saturated heterocycles. The van der Waals surface area contributed by atoms with Gasteiger partial charge in [0.05, 0.1) is 0 Å². The van der Waals surface area contributed by atoms with Gasteiger partial charge in [0.2, 0.25) is 17.4 Å². The third kappa shape index (κ3) is 4.12. The first-order valence-electron chi connectivity index (χ1n) is 7.38. The van der Waals surface area contributed by atoms with E-state index in [1.54, 1.807) is 48.5 Å². The maximum atomic E-state index is 12.5. The summed E-state index contributed by atoms with van der Waals surface area (Å²) in [6.45, 7) is 0. The molecule has 0 radical (unpaired) electrons. The first-order valence-corrected chi connectivity index (χ1v) is 9.71. The number of hydrogen-bond donors (Lipinski definition) is 1. The van der Waals surface area contributed by atoms with E-state index >= 15 is 0 Å². The van der Waals surface area contributed by atoms with Crippen LogP contribution in [0, 0.1) is 0 Å². The fourth-order valence-electron chi connectivity index (χ4n) is 2.35. The summed E-state index contributed by atoms with van der Waals surface area (Å²) in [5.74, 6) is -2.03. The number of halogens is 2. The highest BCUT2D eigenvalue weighted by Crippen LogP contribution is 2.33. The molecule has 1 atom stereocenters. The Morgan fingerprint density at radius 3 is 2.12 bits per heavy atom. The second kappa shape index (κ2) is 7.19. The number of ketones is 1. The summed E-state index contributed by atoms with van der Waals surface area (Å²) >= 11 is 11.6. The van der Waals surface area contributed by atoms with Crippen LogP contribution < -0.4 is 5.73 Å². The summed E-state index contributed by atoms with van der Waals surface area (Å²) in [6, 6.07) is 12.5. The Kier molecular flexibility index (Phi) is 5.13. The molecule has 26 heavy (non-hydrogen) atoms. The standard InChI is InChI=1S/C17H13Cl2NO5S/c18-12-5-1-10(2-6-12)9-26(22,23)25-16-14(21)15(24-17(16)20)11-3-7-13(19)8-4-11/h1-8,15H,9,20H2. The molecule has 136 valence electrons. The van der Waals surface area contributed by atoms with E-state index in [0.717, 1.165) is 0 Å². The number of Topliss-reactive ketones (excluding diaryl/α,β-unsaturated/α-hetero) is 1. The molecular weight excluding hydrogens is 401 g/mol. The van der Waals surface area contributed by atoms with Crippen LogP contribution in [0.2, 0.25) is 10.0 Å². The monoisotopic (exact) mass is 413 g/mol. The van der Waals surface area contributed by atoms with E-state index in [1.807, 2.05) is 0 Å². The summed E-state index contributed by atoms with van der Waals surface area (Å²) in [5, 5.41) is 0.964. The largest absolute Gasteiger partial charge is 0.460 e. The second-order valence-corrected chi connectivity index (χ2v) is 7.96. The molecule has 2 aromatic carbocycles. The van der Waals surface area contributed by atoms with Crippen LogP contribution in [-0.4, -0.2) is 14.2 Å². The Bertz CT molecular complexity index is 969. The molecule has 0 amide bonds. The summed E-state index contributed by atoms with van der Waals surface area (Å²) < 4.78 is 34.7. The molecule has 6 nitrogen and oxygen atoms in total. The molecule has 0 saturated carbocycles. The van der Waals surface area contributed by atoms with Crippen molar-refractivity contribution in [2.75, 3.05) is 0 Å². The van der Waals surface area contributed by atoms with Gasteiger partial charge >= 0.3 is 10.1 Å². The van der Waals surface area contributed by atoms with E-state index in [0.29, 0.717) is 21.2 Å². The summed E-state index contributed by atoms with van der Waals surface area (Å²) in [6.07, 6.45) is -1.08. The van der Waals surface area contributed by atoms with E-state index in [-0.39, 0.29) is 5.88 Å². The normalized spacial score (nSPS) is 17.3. The van der Waals surface area contributed by atoms with Crippen molar-refractivity contribution in [2.45, 2.75) is 11.9 Å². The molecule has 3 rings (SSSR count). The maximum Gasteiger partial charge on any atom is 0.313 e. The van der Waals surface area contributed by atoms with Gasteiger partial charge in [0.25, 0.3) is 0 Å². The number of carbonyl (C=O) groups excluding carboxylic acids is 1. The molecule has 0 aromatic heterocycles. The molecule has 1 unspecified atom stereocenters. The first-order chi connectivity index (χ1) is 12.2. The molecular formula is C17H13Cl2NO5S. The molecule has 2 N–H and O–H groups in total. The topological polar surface area (TPSA) is 95.7 Å². The fourth-order valence-corrected chi connectivity index (χ4v) is 3.68. The second-order valence-electron chi connectivity index (χ2n) is 5.52. The lowest BCUT2D eigenvalue weighted by molar-refractivity contribution is -0.123. The smallest absolute Gasteiger partial charge is 0.313 e. The van der Waals surface area contributed by atoms with Crippen molar-refractivity contribution in [1.82, 2.24) is 0 Å². The zero-order valence-electron chi connectivity index (χ0n) is 13.2. The molecule has 1 heterocycles. The number of hydrogen-bond acceptors (Lipinski definition) is 6. The predicted molar refractivity (Wildman–Crippen MR) is 96.7 cm³/mol. The molecule has 0 aliphatic carbocycles. The molecule has 0 bridgehead atoms. The lowest BCUT2D eigenvalue weighted by Gasteiger charge is -2.10. The molecule has 2 aromatic rings. The predicted octanol–water partition coefficient (Wildman–Crippen LogP) is 3.31. The van der Waals surface area contributed by atoms with Crippen LogP contribution in [0.25, 0.3) is 0 Å². The van der Waals surface area contributed by atoms with Crippen molar-refractivity contribution in [3.63, 3.8) is 0 Å². The van der Waals surface area contributed by atoms with Crippen molar-refractivity contribution in [1.29, 1.82) is 0 Å². The maximum absolute atomic E-state index is 12.5. The molecule has 1 aliphatic rings. The molecule has 0 spiro atoms. The van der Waals surface area contributed by atoms with Crippen LogP contribution in [0.1, 0.15) is 17.2 Å². The average Bonchev–Trinajstić information content (AvgIpc) is 2.85.